The van der Waals surface area contributed by atoms with Crippen LogP contribution < -0.4 is 72.8 Å². The number of rotatable bonds is 21. The van der Waals surface area contributed by atoms with Crippen LogP contribution in [0.3, 0.4) is 0 Å². The summed E-state index contributed by atoms with van der Waals surface area (Å²) in [5.74, 6) is -0.855. The minimum atomic E-state index is -4.73. The molecule has 0 spiro atoms. The summed E-state index contributed by atoms with van der Waals surface area (Å²) in [6.07, 6.45) is 18.0. The van der Waals surface area contributed by atoms with E-state index in [-0.39, 0.29) is 80.9 Å². The summed E-state index contributed by atoms with van der Waals surface area (Å²) in [7, 11) is -4.73. The van der Waals surface area contributed by atoms with Crippen LogP contribution in [0.25, 0.3) is 11.2 Å². The van der Waals surface area contributed by atoms with Gasteiger partial charge in [0.2, 0.25) is 13.7 Å². The van der Waals surface area contributed by atoms with Gasteiger partial charge in [-0.05, 0) is 45.4 Å². The number of ether oxygens (including phenoxy) is 2. The third-order valence-electron chi connectivity index (χ3n) is 7.66. The summed E-state index contributed by atoms with van der Waals surface area (Å²) in [6.45, 7) is 2.45. The fraction of sp³-hybridized carbons (Fsp3) is 0.667. The first kappa shape index (κ1) is 41.9. The topological polar surface area (TPSA) is 233 Å². The van der Waals surface area contributed by atoms with Gasteiger partial charge < -0.3 is 40.6 Å². The molecule has 3 heterocycles. The smallest absolute Gasteiger partial charge is 0.766 e. The van der Waals surface area contributed by atoms with Gasteiger partial charge in [-0.2, -0.15) is 9.97 Å². The van der Waals surface area contributed by atoms with Crippen molar-refractivity contribution in [2.45, 2.75) is 109 Å². The molecule has 1 unspecified atom stereocenters. The van der Waals surface area contributed by atoms with Crippen molar-refractivity contribution in [3.05, 3.63) is 30.6 Å². The second-order valence-corrected chi connectivity index (χ2v) is 13.1. The van der Waals surface area contributed by atoms with Gasteiger partial charge in [0.1, 0.15) is 29.9 Å². The van der Waals surface area contributed by atoms with E-state index in [1.807, 2.05) is 5.09 Å². The van der Waals surface area contributed by atoms with Crippen LogP contribution in [0, 0.1) is 0 Å². The largest absolute Gasteiger partial charge is 1.00 e. The number of esters is 1. The third kappa shape index (κ3) is 13.5. The van der Waals surface area contributed by atoms with Crippen molar-refractivity contribution in [1.29, 1.82) is 0 Å². The molecule has 47 heavy (non-hydrogen) atoms. The SMILES string of the molecule is CCCCC/C=C\C/C=C\CCCCCCCOC(=O)CNP(=O)([O-])OC[C@H]1O[C@@H](n2cnc3c(N)nc(N)nc32)[C@@](C)(O)[C@H]1O.[K+]. The maximum absolute atomic E-state index is 12.4. The number of nitrogens with one attached hydrogen (secondary N) is 1. The molecule has 0 radical (unpaired) electrons. The number of hydrogen-bond donors (Lipinski definition) is 5. The van der Waals surface area contributed by atoms with Crippen molar-refractivity contribution in [1.82, 2.24) is 24.6 Å². The van der Waals surface area contributed by atoms with E-state index in [0.29, 0.717) is 6.42 Å². The molecule has 1 saturated heterocycles. The zero-order valence-corrected chi connectivity index (χ0v) is 31.8. The molecule has 0 aromatic carbocycles. The molecule has 7 N–H and O–H groups in total. The molecule has 2 aromatic rings. The number of allylic oxidation sites excluding steroid dienone is 4. The predicted octanol–water partition coefficient (Wildman–Crippen LogP) is 0.0452. The second kappa shape index (κ2) is 21.1. The number of nitrogens with two attached hydrogens (primary N) is 2. The summed E-state index contributed by atoms with van der Waals surface area (Å²) in [5, 5.41) is 23.7. The van der Waals surface area contributed by atoms with E-state index >= 15 is 0 Å². The maximum atomic E-state index is 12.4. The zero-order chi connectivity index (χ0) is 33.6. The summed E-state index contributed by atoms with van der Waals surface area (Å²) in [6, 6.07) is 0. The fourth-order valence-electron chi connectivity index (χ4n) is 5.03. The number of carbonyl (C=O) groups excluding carboxylic acids is 1. The van der Waals surface area contributed by atoms with Gasteiger partial charge in [0.05, 0.1) is 19.5 Å². The van der Waals surface area contributed by atoms with Gasteiger partial charge >= 0.3 is 57.4 Å². The first-order chi connectivity index (χ1) is 22.0. The van der Waals surface area contributed by atoms with Crippen molar-refractivity contribution in [3.63, 3.8) is 0 Å². The Morgan fingerprint density at radius 3 is 2.49 bits per heavy atom. The van der Waals surface area contributed by atoms with E-state index in [1.165, 1.54) is 37.1 Å². The van der Waals surface area contributed by atoms with E-state index in [9.17, 15) is 24.5 Å². The van der Waals surface area contributed by atoms with E-state index in [4.69, 9.17) is 25.5 Å². The van der Waals surface area contributed by atoms with Crippen LogP contribution in [0.2, 0.25) is 0 Å². The Hall–Kier alpha value is -1.27. The van der Waals surface area contributed by atoms with Crippen molar-refractivity contribution in [3.8, 4) is 0 Å². The first-order valence-corrected chi connectivity index (χ1v) is 17.5. The van der Waals surface area contributed by atoms with Crippen LogP contribution in [0.15, 0.2) is 30.6 Å². The molecule has 0 amide bonds. The number of nitrogens with zero attached hydrogens (tertiary/aromatic N) is 4. The number of fused-ring (bicyclic) bond motifs is 1. The molecule has 1 aliphatic rings. The summed E-state index contributed by atoms with van der Waals surface area (Å²) < 4.78 is 29.5. The van der Waals surface area contributed by atoms with Crippen LogP contribution >= 0.6 is 7.75 Å². The molecule has 0 bridgehead atoms. The molecule has 1 fully saturated rings. The molecule has 0 aliphatic carbocycles. The van der Waals surface area contributed by atoms with Crippen molar-refractivity contribution >= 4 is 36.6 Å². The monoisotopic (exact) mass is 705 g/mol. The number of carbonyl (C=O) groups is 1. The standard InChI is InChI=1S/C30H50N7O8P.K/c1-3-4-5-6-7-8-9-10-11-12-13-14-15-16-17-18-43-23(38)19-34-46(41,42)44-20-22-25(39)30(2,40)28(45-22)37-21-33-24-26(31)35-29(32)36-27(24)37;/h7-8,10-11,21-22,25,28,39-40H,3-6,9,12-20H2,1-2H3,(H2,34,41,42)(H4,31,32,35,36);/q;+1/p-1/b8-7-,11-10-;/t22-,25+,28-,30+;/m1./s1. The Balaban J connectivity index is 0.00000768. The van der Waals surface area contributed by atoms with Gasteiger partial charge in [-0.15, -0.1) is 0 Å². The van der Waals surface area contributed by atoms with Crippen LogP contribution in [0.5, 0.6) is 0 Å². The van der Waals surface area contributed by atoms with Gasteiger partial charge in [-0.3, -0.25) is 13.9 Å². The van der Waals surface area contributed by atoms with Gasteiger partial charge in [0.15, 0.2) is 17.7 Å². The number of unbranched alkanes of at least 4 members (excludes halogenated alkanes) is 8. The molecule has 258 valence electrons. The molecule has 17 heteroatoms. The van der Waals surface area contributed by atoms with Crippen LogP contribution in [0.4, 0.5) is 11.8 Å². The van der Waals surface area contributed by atoms with Crippen LogP contribution in [-0.2, 0) is 23.4 Å². The average Bonchev–Trinajstić information content (AvgIpc) is 3.52. The Kier molecular flexibility index (Phi) is 18.8. The number of hydrogen-bond acceptors (Lipinski definition) is 13. The van der Waals surface area contributed by atoms with Crippen molar-refractivity contribution in [2.75, 3.05) is 31.2 Å². The van der Waals surface area contributed by atoms with Crippen LogP contribution in [-0.4, -0.2) is 73.3 Å². The quantitative estimate of drug-likeness (QED) is 0.0380. The Morgan fingerprint density at radius 1 is 1.13 bits per heavy atom. The summed E-state index contributed by atoms with van der Waals surface area (Å²) in [4.78, 5) is 36.4. The van der Waals surface area contributed by atoms with Crippen molar-refractivity contribution in [2.24, 2.45) is 0 Å². The number of aliphatic hydroxyl groups excluding tert-OH is 1. The zero-order valence-electron chi connectivity index (χ0n) is 27.8. The number of imidazole rings is 1. The minimum absolute atomic E-state index is 0. The van der Waals surface area contributed by atoms with Gasteiger partial charge in [-0.25, -0.2) is 10.1 Å². The minimum Gasteiger partial charge on any atom is -0.766 e. The van der Waals surface area contributed by atoms with Gasteiger partial charge in [-0.1, -0.05) is 63.3 Å². The van der Waals surface area contributed by atoms with E-state index in [1.54, 1.807) is 0 Å². The Labute approximate surface area is 318 Å². The van der Waals surface area contributed by atoms with E-state index in [0.717, 1.165) is 44.9 Å². The summed E-state index contributed by atoms with van der Waals surface area (Å²) >= 11 is 0. The molecule has 1 aliphatic heterocycles. The maximum Gasteiger partial charge on any atom is 1.00 e. The number of aromatic nitrogens is 4. The van der Waals surface area contributed by atoms with Gasteiger partial charge in [0, 0.05) is 0 Å². The number of anilines is 2. The average molecular weight is 706 g/mol. The molecule has 15 nitrogen and oxygen atoms in total. The summed E-state index contributed by atoms with van der Waals surface area (Å²) in [5.41, 5.74) is 9.97. The normalized spacial score (nSPS) is 22.6. The van der Waals surface area contributed by atoms with Gasteiger partial charge in [0.25, 0.3) is 0 Å². The van der Waals surface area contributed by atoms with E-state index in [2.05, 4.69) is 46.2 Å². The molecular formula is C30H49KN7O8P. The number of aliphatic hydroxyl groups is 2. The molecular weight excluding hydrogens is 656 g/mol. The second-order valence-electron chi connectivity index (χ2n) is 11.6. The third-order valence-corrected chi connectivity index (χ3v) is 8.69. The molecule has 0 saturated carbocycles. The molecule has 3 rings (SSSR count). The first-order valence-electron chi connectivity index (χ1n) is 15.9. The van der Waals surface area contributed by atoms with E-state index < -0.39 is 50.9 Å². The fourth-order valence-corrected chi connectivity index (χ4v) is 5.79. The molecule has 5 atom stereocenters. The Bertz CT molecular complexity index is 1360. The molecule has 2 aromatic heterocycles. The Morgan fingerprint density at radius 2 is 1.79 bits per heavy atom. The predicted molar refractivity (Wildman–Crippen MR) is 172 cm³/mol. The number of nitrogen functional groups attached to an aromatic ring is 2. The van der Waals surface area contributed by atoms with Crippen LogP contribution in [0.1, 0.15) is 90.7 Å². The van der Waals surface area contributed by atoms with Crippen molar-refractivity contribution < 1.29 is 89.8 Å².